The first kappa shape index (κ1) is 16.2. The van der Waals surface area contributed by atoms with Crippen molar-refractivity contribution in [3.63, 3.8) is 0 Å². The number of aromatic nitrogens is 2. The molecule has 0 saturated heterocycles. The van der Waals surface area contributed by atoms with Crippen molar-refractivity contribution in [2.75, 3.05) is 5.32 Å². The summed E-state index contributed by atoms with van der Waals surface area (Å²) in [6, 6.07) is 7.21. The zero-order valence-electron chi connectivity index (χ0n) is 12.7. The third-order valence-corrected chi connectivity index (χ3v) is 3.31. The van der Waals surface area contributed by atoms with E-state index in [0.717, 1.165) is 5.56 Å². The van der Waals surface area contributed by atoms with Gasteiger partial charge in [-0.1, -0.05) is 18.5 Å². The quantitative estimate of drug-likeness (QED) is 0.874. The molecule has 2 N–H and O–H groups in total. The molecule has 0 atom stereocenters. The topological polar surface area (TPSA) is 75.1 Å². The zero-order valence-corrected chi connectivity index (χ0v) is 13.5. The van der Waals surface area contributed by atoms with Crippen molar-refractivity contribution in [2.45, 2.75) is 33.2 Å². The van der Waals surface area contributed by atoms with Crippen LogP contribution in [0, 0.1) is 0 Å². The van der Waals surface area contributed by atoms with Gasteiger partial charge in [-0.25, -0.2) is 14.8 Å². The molecular formula is C16H18ClN3O2. The summed E-state index contributed by atoms with van der Waals surface area (Å²) in [4.78, 5) is 20.3. The number of carbonyl (C=O) groups is 1. The highest BCUT2D eigenvalue weighted by Crippen LogP contribution is 2.24. The van der Waals surface area contributed by atoms with Crippen LogP contribution >= 0.6 is 11.6 Å². The van der Waals surface area contributed by atoms with E-state index in [4.69, 9.17) is 11.6 Å². The number of rotatable bonds is 5. The molecule has 116 valence electrons. The minimum absolute atomic E-state index is 0.0655. The van der Waals surface area contributed by atoms with Crippen LogP contribution in [0.2, 0.25) is 5.02 Å². The molecule has 1 aromatic carbocycles. The molecule has 2 aromatic rings. The molecule has 0 amide bonds. The van der Waals surface area contributed by atoms with E-state index in [2.05, 4.69) is 15.3 Å². The van der Waals surface area contributed by atoms with E-state index in [9.17, 15) is 9.90 Å². The van der Waals surface area contributed by atoms with Gasteiger partial charge in [0.05, 0.1) is 5.69 Å². The van der Waals surface area contributed by atoms with Gasteiger partial charge in [0.15, 0.2) is 5.82 Å². The Morgan fingerprint density at radius 2 is 1.91 bits per heavy atom. The lowest BCUT2D eigenvalue weighted by atomic mass is 10.1. The molecule has 0 aliphatic heterocycles. The fraction of sp³-hybridized carbons (Fsp3) is 0.312. The van der Waals surface area contributed by atoms with Crippen molar-refractivity contribution in [3.8, 4) is 11.4 Å². The second-order valence-electron chi connectivity index (χ2n) is 5.18. The summed E-state index contributed by atoms with van der Waals surface area (Å²) in [6.45, 7) is 5.74. The number of carboxylic acids is 1. The number of anilines is 1. The van der Waals surface area contributed by atoms with Crippen LogP contribution in [-0.2, 0) is 6.42 Å². The summed E-state index contributed by atoms with van der Waals surface area (Å²) in [6.07, 6.45) is 0.511. The Bertz CT molecular complexity index is 685. The number of nitrogens with one attached hydrogen (secondary N) is 1. The molecule has 0 bridgehead atoms. The summed E-state index contributed by atoms with van der Waals surface area (Å²) in [7, 11) is 0. The van der Waals surface area contributed by atoms with E-state index in [1.54, 1.807) is 12.1 Å². The predicted molar refractivity (Wildman–Crippen MR) is 87.6 cm³/mol. The van der Waals surface area contributed by atoms with Crippen LogP contribution in [0.4, 0.5) is 5.82 Å². The Balaban J connectivity index is 2.61. The molecule has 6 heteroatoms. The summed E-state index contributed by atoms with van der Waals surface area (Å²) >= 11 is 5.89. The van der Waals surface area contributed by atoms with Gasteiger partial charge in [-0.05, 0) is 44.5 Å². The highest BCUT2D eigenvalue weighted by molar-refractivity contribution is 6.30. The number of halogens is 1. The lowest BCUT2D eigenvalue weighted by Crippen LogP contribution is -2.18. The average Bonchev–Trinajstić information content (AvgIpc) is 2.46. The summed E-state index contributed by atoms with van der Waals surface area (Å²) < 4.78 is 0. The van der Waals surface area contributed by atoms with Crippen molar-refractivity contribution in [3.05, 3.63) is 40.5 Å². The number of aromatic carboxylic acids is 1. The van der Waals surface area contributed by atoms with Gasteiger partial charge >= 0.3 is 5.97 Å². The minimum Gasteiger partial charge on any atom is -0.477 e. The van der Waals surface area contributed by atoms with E-state index in [0.29, 0.717) is 28.8 Å². The Morgan fingerprint density at radius 3 is 2.41 bits per heavy atom. The van der Waals surface area contributed by atoms with Gasteiger partial charge in [-0.3, -0.25) is 0 Å². The molecule has 0 spiro atoms. The molecule has 22 heavy (non-hydrogen) atoms. The van der Waals surface area contributed by atoms with E-state index in [-0.39, 0.29) is 11.6 Å². The molecule has 1 heterocycles. The molecule has 5 nitrogen and oxygen atoms in total. The molecule has 0 aliphatic rings. The van der Waals surface area contributed by atoms with E-state index >= 15 is 0 Å². The number of carboxylic acid groups (broad SMARTS) is 1. The standard InChI is InChI=1S/C16H18ClN3O2/c1-4-12-13(16(21)22)15(18-9(2)3)20-14(19-12)10-5-7-11(17)8-6-10/h5-9H,4H2,1-3H3,(H,21,22)(H,18,19,20). The van der Waals surface area contributed by atoms with Gasteiger partial charge in [-0.15, -0.1) is 0 Å². The van der Waals surface area contributed by atoms with Crippen LogP contribution in [0.3, 0.4) is 0 Å². The third-order valence-electron chi connectivity index (χ3n) is 3.06. The summed E-state index contributed by atoms with van der Waals surface area (Å²) in [5.41, 5.74) is 1.44. The fourth-order valence-electron chi connectivity index (χ4n) is 2.09. The minimum atomic E-state index is -1.03. The van der Waals surface area contributed by atoms with Gasteiger partial charge in [0, 0.05) is 16.6 Å². The van der Waals surface area contributed by atoms with Crippen LogP contribution < -0.4 is 5.32 Å². The molecule has 2 rings (SSSR count). The number of hydrogen-bond acceptors (Lipinski definition) is 4. The van der Waals surface area contributed by atoms with Gasteiger partial charge in [0.2, 0.25) is 0 Å². The first-order valence-electron chi connectivity index (χ1n) is 7.09. The first-order chi connectivity index (χ1) is 10.4. The lowest BCUT2D eigenvalue weighted by Gasteiger charge is -2.15. The normalized spacial score (nSPS) is 10.8. The SMILES string of the molecule is CCc1nc(-c2ccc(Cl)cc2)nc(NC(C)C)c1C(=O)O. The van der Waals surface area contributed by atoms with Gasteiger partial charge in [0.25, 0.3) is 0 Å². The molecule has 0 unspecified atom stereocenters. The van der Waals surface area contributed by atoms with Crippen molar-refractivity contribution < 1.29 is 9.90 Å². The van der Waals surface area contributed by atoms with E-state index in [1.165, 1.54) is 0 Å². The summed E-state index contributed by atoms with van der Waals surface area (Å²) in [5, 5.41) is 13.2. The highest BCUT2D eigenvalue weighted by atomic mass is 35.5. The van der Waals surface area contributed by atoms with Gasteiger partial charge < -0.3 is 10.4 Å². The van der Waals surface area contributed by atoms with Crippen molar-refractivity contribution >= 4 is 23.4 Å². The molecule has 0 radical (unpaired) electrons. The van der Waals surface area contributed by atoms with Gasteiger partial charge in [0.1, 0.15) is 11.4 Å². The summed E-state index contributed by atoms with van der Waals surface area (Å²) in [5.74, 6) is -0.191. The van der Waals surface area contributed by atoms with Crippen molar-refractivity contribution in [1.82, 2.24) is 9.97 Å². The third kappa shape index (κ3) is 3.54. The maximum absolute atomic E-state index is 11.5. The molecule has 0 saturated carbocycles. The maximum atomic E-state index is 11.5. The Hall–Kier alpha value is -2.14. The predicted octanol–water partition coefficient (Wildman–Crippen LogP) is 3.88. The fourth-order valence-corrected chi connectivity index (χ4v) is 2.22. The van der Waals surface area contributed by atoms with Crippen molar-refractivity contribution in [1.29, 1.82) is 0 Å². The largest absolute Gasteiger partial charge is 0.477 e. The second kappa shape index (κ2) is 6.75. The van der Waals surface area contributed by atoms with Crippen molar-refractivity contribution in [2.24, 2.45) is 0 Å². The zero-order chi connectivity index (χ0) is 16.3. The average molecular weight is 320 g/mol. The number of aryl methyl sites for hydroxylation is 1. The van der Waals surface area contributed by atoms with E-state index in [1.807, 2.05) is 32.9 Å². The number of benzene rings is 1. The maximum Gasteiger partial charge on any atom is 0.341 e. The molecular weight excluding hydrogens is 302 g/mol. The molecule has 1 aromatic heterocycles. The second-order valence-corrected chi connectivity index (χ2v) is 5.62. The number of hydrogen-bond donors (Lipinski definition) is 2. The number of nitrogens with zero attached hydrogens (tertiary/aromatic N) is 2. The molecule has 0 aliphatic carbocycles. The van der Waals surface area contributed by atoms with Crippen LogP contribution in [0.5, 0.6) is 0 Å². The highest BCUT2D eigenvalue weighted by Gasteiger charge is 2.20. The van der Waals surface area contributed by atoms with E-state index < -0.39 is 5.97 Å². The lowest BCUT2D eigenvalue weighted by molar-refractivity contribution is 0.0696. The Morgan fingerprint density at radius 1 is 1.27 bits per heavy atom. The first-order valence-corrected chi connectivity index (χ1v) is 7.46. The Kier molecular flexibility index (Phi) is 4.98. The van der Waals surface area contributed by atoms with Gasteiger partial charge in [-0.2, -0.15) is 0 Å². The van der Waals surface area contributed by atoms with Crippen LogP contribution in [0.15, 0.2) is 24.3 Å². The van der Waals surface area contributed by atoms with Crippen LogP contribution in [-0.4, -0.2) is 27.1 Å². The Labute approximate surface area is 134 Å². The van der Waals surface area contributed by atoms with Crippen LogP contribution in [0.1, 0.15) is 36.8 Å². The smallest absolute Gasteiger partial charge is 0.341 e. The monoisotopic (exact) mass is 319 g/mol. The molecule has 0 fully saturated rings. The van der Waals surface area contributed by atoms with Crippen LogP contribution in [0.25, 0.3) is 11.4 Å².